The summed E-state index contributed by atoms with van der Waals surface area (Å²) in [7, 11) is 0. The van der Waals surface area contributed by atoms with Gasteiger partial charge in [-0.15, -0.1) is 0 Å². The zero-order valence-corrected chi connectivity index (χ0v) is 11.7. The van der Waals surface area contributed by atoms with E-state index in [0.29, 0.717) is 0 Å². The van der Waals surface area contributed by atoms with Gasteiger partial charge in [-0.25, -0.2) is 9.97 Å². The van der Waals surface area contributed by atoms with Crippen molar-refractivity contribution in [3.63, 3.8) is 0 Å². The number of nitrogens with zero attached hydrogens (tertiary/aromatic N) is 2. The number of hydrogen-bond donors (Lipinski definition) is 3. The van der Waals surface area contributed by atoms with Crippen molar-refractivity contribution in [1.82, 2.24) is 9.97 Å². The maximum absolute atomic E-state index is 9.41. The number of nitrogens with one attached hydrogen (secondary N) is 2. The van der Waals surface area contributed by atoms with Gasteiger partial charge >= 0.3 is 0 Å². The molecular formula is C13H24N4O. The summed E-state index contributed by atoms with van der Waals surface area (Å²) < 4.78 is 0. The number of aromatic nitrogens is 2. The van der Waals surface area contributed by atoms with Crippen LogP contribution in [0.4, 0.5) is 11.6 Å². The van der Waals surface area contributed by atoms with Crippen LogP contribution in [0.15, 0.2) is 6.07 Å². The van der Waals surface area contributed by atoms with E-state index in [1.807, 2.05) is 26.8 Å². The molecule has 1 aromatic heterocycles. The minimum absolute atomic E-state index is 0.0737. The molecule has 0 radical (unpaired) electrons. The molecule has 5 nitrogen and oxygen atoms in total. The monoisotopic (exact) mass is 252 g/mol. The summed E-state index contributed by atoms with van der Waals surface area (Å²) in [6, 6.07) is 1.88. The quantitative estimate of drug-likeness (QED) is 0.694. The van der Waals surface area contributed by atoms with Crippen LogP contribution in [-0.2, 0) is 0 Å². The number of aliphatic hydroxyl groups excluding tert-OH is 1. The molecule has 0 saturated carbocycles. The SMILES string of the molecule is CCCNc1cc(NC(C)(CC)CO)nc(C)n1. The van der Waals surface area contributed by atoms with Crippen LogP contribution in [0, 0.1) is 6.92 Å². The van der Waals surface area contributed by atoms with E-state index < -0.39 is 0 Å². The van der Waals surface area contributed by atoms with Gasteiger partial charge in [0.2, 0.25) is 0 Å². The number of rotatable bonds is 7. The molecule has 1 rings (SSSR count). The molecule has 5 heteroatoms. The molecule has 1 atom stereocenters. The van der Waals surface area contributed by atoms with Gasteiger partial charge in [0.05, 0.1) is 12.1 Å². The number of aliphatic hydroxyl groups is 1. The Balaban J connectivity index is 2.85. The van der Waals surface area contributed by atoms with Crippen molar-refractivity contribution >= 4 is 11.6 Å². The summed E-state index contributed by atoms with van der Waals surface area (Å²) in [5.41, 5.74) is -0.344. The van der Waals surface area contributed by atoms with Crippen LogP contribution < -0.4 is 10.6 Å². The van der Waals surface area contributed by atoms with E-state index in [1.54, 1.807) is 0 Å². The van der Waals surface area contributed by atoms with E-state index in [0.717, 1.165) is 36.8 Å². The minimum atomic E-state index is -0.344. The van der Waals surface area contributed by atoms with Gasteiger partial charge in [-0.2, -0.15) is 0 Å². The first-order valence-corrected chi connectivity index (χ1v) is 6.51. The molecule has 102 valence electrons. The summed E-state index contributed by atoms with van der Waals surface area (Å²) >= 11 is 0. The van der Waals surface area contributed by atoms with Crippen LogP contribution in [0.2, 0.25) is 0 Å². The van der Waals surface area contributed by atoms with Gasteiger partial charge in [-0.3, -0.25) is 0 Å². The molecule has 0 spiro atoms. The molecule has 0 aliphatic heterocycles. The maximum Gasteiger partial charge on any atom is 0.132 e. The highest BCUT2D eigenvalue weighted by molar-refractivity contribution is 5.48. The standard InChI is InChI=1S/C13H24N4O/c1-5-7-14-11-8-12(16-10(3)15-11)17-13(4,6-2)9-18/h8,18H,5-7,9H2,1-4H3,(H2,14,15,16,17). The second kappa shape index (κ2) is 6.54. The Morgan fingerprint density at radius 2 is 1.94 bits per heavy atom. The Kier molecular flexibility index (Phi) is 5.34. The zero-order chi connectivity index (χ0) is 13.6. The maximum atomic E-state index is 9.41. The van der Waals surface area contributed by atoms with Gasteiger partial charge < -0.3 is 15.7 Å². The second-order valence-electron chi connectivity index (χ2n) is 4.81. The average molecular weight is 252 g/mol. The number of hydrogen-bond acceptors (Lipinski definition) is 5. The summed E-state index contributed by atoms with van der Waals surface area (Å²) in [5, 5.41) is 15.9. The smallest absolute Gasteiger partial charge is 0.132 e. The van der Waals surface area contributed by atoms with E-state index in [9.17, 15) is 5.11 Å². The van der Waals surface area contributed by atoms with Crippen LogP contribution in [0.25, 0.3) is 0 Å². The normalized spacial score (nSPS) is 14.1. The Bertz CT molecular complexity index is 377. The van der Waals surface area contributed by atoms with Crippen molar-refractivity contribution in [1.29, 1.82) is 0 Å². The minimum Gasteiger partial charge on any atom is -0.394 e. The largest absolute Gasteiger partial charge is 0.394 e. The average Bonchev–Trinajstić information content (AvgIpc) is 2.35. The molecule has 18 heavy (non-hydrogen) atoms. The summed E-state index contributed by atoms with van der Waals surface area (Å²) in [4.78, 5) is 8.68. The summed E-state index contributed by atoms with van der Waals surface area (Å²) in [5.74, 6) is 2.29. The molecule has 0 aliphatic rings. The van der Waals surface area contributed by atoms with Crippen molar-refractivity contribution in [2.24, 2.45) is 0 Å². The van der Waals surface area contributed by atoms with Crippen LogP contribution in [-0.4, -0.2) is 33.8 Å². The Morgan fingerprint density at radius 3 is 2.50 bits per heavy atom. The van der Waals surface area contributed by atoms with Crippen LogP contribution in [0.3, 0.4) is 0 Å². The fourth-order valence-electron chi connectivity index (χ4n) is 1.52. The molecule has 0 fully saturated rings. The van der Waals surface area contributed by atoms with Crippen molar-refractivity contribution in [3.8, 4) is 0 Å². The van der Waals surface area contributed by atoms with E-state index in [-0.39, 0.29) is 12.1 Å². The predicted octanol–water partition coefficient (Wildman–Crippen LogP) is 2.18. The third-order valence-electron chi connectivity index (χ3n) is 2.95. The van der Waals surface area contributed by atoms with E-state index in [1.165, 1.54) is 0 Å². The van der Waals surface area contributed by atoms with E-state index in [2.05, 4.69) is 27.5 Å². The van der Waals surface area contributed by atoms with Gasteiger partial charge in [0.25, 0.3) is 0 Å². The molecular weight excluding hydrogens is 228 g/mol. The Labute approximate surface area is 109 Å². The fraction of sp³-hybridized carbons (Fsp3) is 0.692. The lowest BCUT2D eigenvalue weighted by Crippen LogP contribution is -2.38. The van der Waals surface area contributed by atoms with Gasteiger partial charge in [0.1, 0.15) is 17.5 Å². The Morgan fingerprint density at radius 1 is 1.28 bits per heavy atom. The third kappa shape index (κ3) is 4.14. The van der Waals surface area contributed by atoms with Gasteiger partial charge in [-0.05, 0) is 26.7 Å². The van der Waals surface area contributed by atoms with Crippen molar-refractivity contribution in [2.45, 2.75) is 46.1 Å². The van der Waals surface area contributed by atoms with Crippen LogP contribution >= 0.6 is 0 Å². The third-order valence-corrected chi connectivity index (χ3v) is 2.95. The van der Waals surface area contributed by atoms with E-state index in [4.69, 9.17) is 0 Å². The molecule has 0 bridgehead atoms. The molecule has 0 aliphatic carbocycles. The molecule has 1 unspecified atom stereocenters. The van der Waals surface area contributed by atoms with Gasteiger partial charge in [-0.1, -0.05) is 13.8 Å². The molecule has 1 aromatic rings. The summed E-state index contributed by atoms with van der Waals surface area (Å²) in [6.07, 6.45) is 1.87. The first kappa shape index (κ1) is 14.7. The lowest BCUT2D eigenvalue weighted by atomic mass is 10.0. The topological polar surface area (TPSA) is 70.1 Å². The molecule has 0 amide bonds. The highest BCUT2D eigenvalue weighted by Gasteiger charge is 2.21. The van der Waals surface area contributed by atoms with Crippen molar-refractivity contribution < 1.29 is 5.11 Å². The first-order chi connectivity index (χ1) is 8.53. The van der Waals surface area contributed by atoms with Gasteiger partial charge in [0, 0.05) is 12.6 Å². The molecule has 0 aromatic carbocycles. The summed E-state index contributed by atoms with van der Waals surface area (Å²) in [6.45, 7) is 8.95. The van der Waals surface area contributed by atoms with E-state index >= 15 is 0 Å². The van der Waals surface area contributed by atoms with Crippen LogP contribution in [0.5, 0.6) is 0 Å². The van der Waals surface area contributed by atoms with Gasteiger partial charge in [0.15, 0.2) is 0 Å². The Hall–Kier alpha value is -1.36. The van der Waals surface area contributed by atoms with Crippen LogP contribution in [0.1, 0.15) is 39.4 Å². The first-order valence-electron chi connectivity index (χ1n) is 6.51. The van der Waals surface area contributed by atoms with Crippen molar-refractivity contribution in [3.05, 3.63) is 11.9 Å². The lowest BCUT2D eigenvalue weighted by Gasteiger charge is -2.28. The fourth-order valence-corrected chi connectivity index (χ4v) is 1.52. The number of aryl methyl sites for hydroxylation is 1. The zero-order valence-electron chi connectivity index (χ0n) is 11.7. The van der Waals surface area contributed by atoms with Crippen molar-refractivity contribution in [2.75, 3.05) is 23.8 Å². The molecule has 3 N–H and O–H groups in total. The number of anilines is 2. The lowest BCUT2D eigenvalue weighted by molar-refractivity contribution is 0.218. The molecule has 0 saturated heterocycles. The highest BCUT2D eigenvalue weighted by atomic mass is 16.3. The highest BCUT2D eigenvalue weighted by Crippen LogP contribution is 2.18. The molecule has 1 heterocycles. The predicted molar refractivity (Wildman–Crippen MR) is 75.0 cm³/mol. The second-order valence-corrected chi connectivity index (χ2v) is 4.81.